The lowest BCUT2D eigenvalue weighted by Crippen LogP contribution is -2.27. The molecular formula is C25H24Cl2N2OS. The minimum absolute atomic E-state index is 0.00576. The highest BCUT2D eigenvalue weighted by Gasteiger charge is 2.22. The summed E-state index contributed by atoms with van der Waals surface area (Å²) < 4.78 is 0. The number of aryl methyl sites for hydroxylation is 1. The van der Waals surface area contributed by atoms with Crippen LogP contribution in [0.2, 0.25) is 10.0 Å². The molecule has 0 aliphatic carbocycles. The second-order valence-electron chi connectivity index (χ2n) is 7.59. The summed E-state index contributed by atoms with van der Waals surface area (Å²) in [5.74, 6) is 0.0357. The molecule has 4 rings (SSSR count). The van der Waals surface area contributed by atoms with Crippen molar-refractivity contribution >= 4 is 51.3 Å². The van der Waals surface area contributed by atoms with Crippen molar-refractivity contribution < 1.29 is 4.79 Å². The molecule has 31 heavy (non-hydrogen) atoms. The maximum absolute atomic E-state index is 12.9. The van der Waals surface area contributed by atoms with E-state index in [0.717, 1.165) is 17.5 Å². The Balaban J connectivity index is 1.50. The molecule has 2 aromatic heterocycles. The molecule has 160 valence electrons. The van der Waals surface area contributed by atoms with Crippen LogP contribution in [0, 0.1) is 0 Å². The predicted molar refractivity (Wildman–Crippen MR) is 132 cm³/mol. The van der Waals surface area contributed by atoms with Gasteiger partial charge < -0.3 is 10.3 Å². The molecule has 1 amide bonds. The standard InChI is InChI=1S/C25H24Cl2N2OS/c1-2-16-4-3-5-20-22(14-29-25(16)20)21(18-9-11-31-15-18)13-24(30)28-10-8-17-6-7-19(26)12-23(17)27/h3-7,9,11-12,14-15,21,29H,2,8,10,13H2,1H3,(H,28,30). The van der Waals surface area contributed by atoms with E-state index >= 15 is 0 Å². The number of carbonyl (C=O) groups excluding carboxylic acids is 1. The second-order valence-corrected chi connectivity index (χ2v) is 9.21. The molecule has 0 radical (unpaired) electrons. The fourth-order valence-corrected chi connectivity index (χ4v) is 5.24. The smallest absolute Gasteiger partial charge is 0.220 e. The van der Waals surface area contributed by atoms with Gasteiger partial charge >= 0.3 is 0 Å². The summed E-state index contributed by atoms with van der Waals surface area (Å²) in [4.78, 5) is 16.3. The Labute approximate surface area is 196 Å². The number of thiophene rings is 1. The summed E-state index contributed by atoms with van der Waals surface area (Å²) in [7, 11) is 0. The Hall–Kier alpha value is -2.27. The van der Waals surface area contributed by atoms with E-state index in [9.17, 15) is 4.79 Å². The topological polar surface area (TPSA) is 44.9 Å². The van der Waals surface area contributed by atoms with Crippen molar-refractivity contribution in [2.45, 2.75) is 32.1 Å². The molecule has 0 saturated carbocycles. The van der Waals surface area contributed by atoms with Gasteiger partial charge in [0.05, 0.1) is 0 Å². The highest BCUT2D eigenvalue weighted by molar-refractivity contribution is 7.08. The summed E-state index contributed by atoms with van der Waals surface area (Å²) in [6.07, 6.45) is 4.09. The van der Waals surface area contributed by atoms with Crippen molar-refractivity contribution in [3.63, 3.8) is 0 Å². The van der Waals surface area contributed by atoms with E-state index in [0.29, 0.717) is 29.4 Å². The number of benzene rings is 2. The van der Waals surface area contributed by atoms with Gasteiger partial charge in [-0.05, 0) is 64.1 Å². The zero-order valence-corrected chi connectivity index (χ0v) is 19.6. The van der Waals surface area contributed by atoms with E-state index in [4.69, 9.17) is 23.2 Å². The molecule has 0 spiro atoms. The fraction of sp³-hybridized carbons (Fsp3) is 0.240. The summed E-state index contributed by atoms with van der Waals surface area (Å²) >= 11 is 13.9. The first kappa shape index (κ1) is 21.9. The number of para-hydroxylation sites is 1. The van der Waals surface area contributed by atoms with Gasteiger partial charge in [0.2, 0.25) is 5.91 Å². The third kappa shape index (κ3) is 4.98. The Morgan fingerprint density at radius 3 is 2.77 bits per heavy atom. The molecule has 2 heterocycles. The third-order valence-corrected chi connectivity index (χ3v) is 6.95. The minimum Gasteiger partial charge on any atom is -0.361 e. The second kappa shape index (κ2) is 9.90. The number of hydrogen-bond acceptors (Lipinski definition) is 2. The number of H-pyrrole nitrogens is 1. The molecule has 0 fully saturated rings. The van der Waals surface area contributed by atoms with Gasteiger partial charge in [0.1, 0.15) is 0 Å². The Morgan fingerprint density at radius 1 is 1.16 bits per heavy atom. The molecule has 0 aliphatic rings. The van der Waals surface area contributed by atoms with Gasteiger partial charge in [-0.1, -0.05) is 54.4 Å². The van der Waals surface area contributed by atoms with Crippen molar-refractivity contribution in [1.29, 1.82) is 0 Å². The van der Waals surface area contributed by atoms with E-state index in [1.54, 1.807) is 17.4 Å². The summed E-state index contributed by atoms with van der Waals surface area (Å²) in [5.41, 5.74) is 5.77. The van der Waals surface area contributed by atoms with Gasteiger partial charge in [0.25, 0.3) is 0 Å². The Kier molecular flexibility index (Phi) is 7.01. The third-order valence-electron chi connectivity index (χ3n) is 5.66. The van der Waals surface area contributed by atoms with Gasteiger partial charge in [0, 0.05) is 46.0 Å². The van der Waals surface area contributed by atoms with E-state index in [2.05, 4.69) is 58.4 Å². The number of carbonyl (C=O) groups is 1. The maximum Gasteiger partial charge on any atom is 0.220 e. The van der Waals surface area contributed by atoms with E-state index in [-0.39, 0.29) is 11.8 Å². The molecule has 1 atom stereocenters. The highest BCUT2D eigenvalue weighted by Crippen LogP contribution is 2.35. The fourth-order valence-electron chi connectivity index (χ4n) is 4.02. The maximum atomic E-state index is 12.9. The van der Waals surface area contributed by atoms with Crippen molar-refractivity contribution in [2.75, 3.05) is 6.54 Å². The van der Waals surface area contributed by atoms with E-state index in [1.165, 1.54) is 22.1 Å². The lowest BCUT2D eigenvalue weighted by atomic mass is 9.89. The Morgan fingerprint density at radius 2 is 2.03 bits per heavy atom. The molecule has 1 unspecified atom stereocenters. The summed E-state index contributed by atoms with van der Waals surface area (Å²) in [6.45, 7) is 2.69. The molecule has 3 nitrogen and oxygen atoms in total. The van der Waals surface area contributed by atoms with Crippen LogP contribution in [0.3, 0.4) is 0 Å². The zero-order chi connectivity index (χ0) is 21.8. The lowest BCUT2D eigenvalue weighted by molar-refractivity contribution is -0.121. The lowest BCUT2D eigenvalue weighted by Gasteiger charge is -2.16. The van der Waals surface area contributed by atoms with Crippen molar-refractivity contribution in [1.82, 2.24) is 10.3 Å². The molecule has 0 saturated heterocycles. The van der Waals surface area contributed by atoms with Gasteiger partial charge in [-0.3, -0.25) is 4.79 Å². The van der Waals surface area contributed by atoms with Crippen LogP contribution in [0.15, 0.2) is 59.4 Å². The zero-order valence-electron chi connectivity index (χ0n) is 17.3. The molecule has 6 heteroatoms. The van der Waals surface area contributed by atoms with E-state index in [1.807, 2.05) is 12.1 Å². The van der Waals surface area contributed by atoms with Crippen LogP contribution in [0.5, 0.6) is 0 Å². The van der Waals surface area contributed by atoms with Crippen molar-refractivity contribution in [3.05, 3.63) is 91.7 Å². The molecule has 0 bridgehead atoms. The van der Waals surface area contributed by atoms with Crippen LogP contribution in [0.4, 0.5) is 0 Å². The number of halogens is 2. The van der Waals surface area contributed by atoms with Gasteiger partial charge in [-0.2, -0.15) is 11.3 Å². The van der Waals surface area contributed by atoms with Crippen molar-refractivity contribution in [2.24, 2.45) is 0 Å². The number of fused-ring (bicyclic) bond motifs is 1. The number of aromatic nitrogens is 1. The van der Waals surface area contributed by atoms with Crippen LogP contribution in [-0.2, 0) is 17.6 Å². The molecule has 2 N–H and O–H groups in total. The van der Waals surface area contributed by atoms with Gasteiger partial charge in [-0.15, -0.1) is 0 Å². The van der Waals surface area contributed by atoms with Crippen molar-refractivity contribution in [3.8, 4) is 0 Å². The number of amides is 1. The first-order valence-corrected chi connectivity index (χ1v) is 12.1. The quantitative estimate of drug-likeness (QED) is 0.286. The van der Waals surface area contributed by atoms with Crippen LogP contribution in [0.25, 0.3) is 10.9 Å². The summed E-state index contributed by atoms with van der Waals surface area (Å²) in [5, 5.41) is 9.69. The largest absolute Gasteiger partial charge is 0.361 e. The molecule has 4 aromatic rings. The molecule has 0 aliphatic heterocycles. The van der Waals surface area contributed by atoms with Crippen LogP contribution < -0.4 is 5.32 Å². The molecular weight excluding hydrogens is 447 g/mol. The average Bonchev–Trinajstić information content (AvgIpc) is 3.44. The first-order chi connectivity index (χ1) is 15.1. The van der Waals surface area contributed by atoms with Crippen LogP contribution in [-0.4, -0.2) is 17.4 Å². The number of aromatic amines is 1. The SMILES string of the molecule is CCc1cccc2c(C(CC(=O)NCCc3ccc(Cl)cc3Cl)c3ccsc3)c[nH]c12. The van der Waals surface area contributed by atoms with Gasteiger partial charge in [0.15, 0.2) is 0 Å². The highest BCUT2D eigenvalue weighted by atomic mass is 35.5. The number of rotatable bonds is 8. The first-order valence-electron chi connectivity index (χ1n) is 10.4. The van der Waals surface area contributed by atoms with E-state index < -0.39 is 0 Å². The van der Waals surface area contributed by atoms with Crippen LogP contribution in [0.1, 0.15) is 41.5 Å². The minimum atomic E-state index is 0.00576. The van der Waals surface area contributed by atoms with Gasteiger partial charge in [-0.25, -0.2) is 0 Å². The normalized spacial score (nSPS) is 12.2. The number of hydrogen-bond donors (Lipinski definition) is 2. The summed E-state index contributed by atoms with van der Waals surface area (Å²) in [6, 6.07) is 13.9. The monoisotopic (exact) mass is 470 g/mol. The Bertz CT molecular complexity index is 1180. The molecule has 2 aromatic carbocycles. The average molecular weight is 471 g/mol. The van der Waals surface area contributed by atoms with Crippen LogP contribution >= 0.6 is 34.5 Å². The predicted octanol–water partition coefficient (Wildman–Crippen LogP) is 6.98. The number of nitrogens with one attached hydrogen (secondary N) is 2.